The number of amides is 1. The van der Waals surface area contributed by atoms with Gasteiger partial charge in [-0.3, -0.25) is 4.79 Å². The van der Waals surface area contributed by atoms with Gasteiger partial charge in [-0.2, -0.15) is 0 Å². The number of ether oxygens (including phenoxy) is 2. The van der Waals surface area contributed by atoms with Crippen LogP contribution in [-0.4, -0.2) is 41.2 Å². The van der Waals surface area contributed by atoms with Crippen LogP contribution in [0.15, 0.2) is 36.5 Å². The maximum atomic E-state index is 15.4. The van der Waals surface area contributed by atoms with E-state index in [2.05, 4.69) is 28.5 Å². The number of aromatic nitrogens is 2. The Bertz CT molecular complexity index is 1340. The fourth-order valence-corrected chi connectivity index (χ4v) is 4.88. The van der Waals surface area contributed by atoms with Gasteiger partial charge in [-0.25, -0.2) is 14.4 Å². The molecule has 0 spiro atoms. The summed E-state index contributed by atoms with van der Waals surface area (Å²) in [5.74, 6) is 0.305. The Kier molecular flexibility index (Phi) is 6.16. The molecule has 0 atom stereocenters. The summed E-state index contributed by atoms with van der Waals surface area (Å²) >= 11 is 0. The van der Waals surface area contributed by atoms with Crippen LogP contribution in [0.2, 0.25) is 0 Å². The zero-order valence-electron chi connectivity index (χ0n) is 21.3. The van der Waals surface area contributed by atoms with Gasteiger partial charge in [0, 0.05) is 24.6 Å². The summed E-state index contributed by atoms with van der Waals surface area (Å²) in [6.45, 7) is 8.94. The molecule has 0 fully saturated rings. The second-order valence-corrected chi connectivity index (χ2v) is 10.1. The first kappa shape index (κ1) is 24.2. The van der Waals surface area contributed by atoms with Crippen molar-refractivity contribution in [2.45, 2.75) is 58.7 Å². The molecule has 1 aromatic heterocycles. The zero-order valence-corrected chi connectivity index (χ0v) is 21.3. The summed E-state index contributed by atoms with van der Waals surface area (Å²) in [5, 5.41) is 3.41. The highest BCUT2D eigenvalue weighted by atomic mass is 19.1. The van der Waals surface area contributed by atoms with E-state index in [1.165, 1.54) is 24.3 Å². The van der Waals surface area contributed by atoms with Gasteiger partial charge < -0.3 is 19.7 Å². The molecule has 0 radical (unpaired) electrons. The number of carbonyl (C=O) groups excluding carboxylic acids is 1. The van der Waals surface area contributed by atoms with Crippen LogP contribution < -0.4 is 19.7 Å². The van der Waals surface area contributed by atoms with Crippen molar-refractivity contribution in [2.24, 2.45) is 0 Å². The molecule has 7 nitrogen and oxygen atoms in total. The second kappa shape index (κ2) is 9.17. The molecule has 0 bridgehead atoms. The predicted octanol–water partition coefficient (Wildman–Crippen LogP) is 4.44. The molecule has 36 heavy (non-hydrogen) atoms. The highest BCUT2D eigenvalue weighted by molar-refractivity contribution is 6.03. The first-order valence-electron chi connectivity index (χ1n) is 12.3. The van der Waals surface area contributed by atoms with Gasteiger partial charge in [0.2, 0.25) is 0 Å². The third-order valence-electron chi connectivity index (χ3n) is 6.71. The molecule has 1 amide bonds. The monoisotopic (exact) mass is 490 g/mol. The molecule has 2 aromatic carbocycles. The summed E-state index contributed by atoms with van der Waals surface area (Å²) in [6.07, 6.45) is 3.17. The van der Waals surface area contributed by atoms with E-state index in [0.29, 0.717) is 34.9 Å². The molecule has 2 aliphatic rings. The normalized spacial score (nSPS) is 16.4. The fraction of sp³-hybridized carbons (Fsp3) is 0.393. The van der Waals surface area contributed by atoms with Crippen molar-refractivity contribution in [1.29, 1.82) is 0 Å². The molecule has 0 saturated heterocycles. The van der Waals surface area contributed by atoms with Gasteiger partial charge in [-0.15, -0.1) is 0 Å². The van der Waals surface area contributed by atoms with Crippen LogP contribution in [0.5, 0.6) is 11.5 Å². The number of hydrogen-bond donors (Lipinski definition) is 1. The minimum atomic E-state index is -1.16. The van der Waals surface area contributed by atoms with Crippen LogP contribution >= 0.6 is 0 Å². The van der Waals surface area contributed by atoms with Gasteiger partial charge in [-0.05, 0) is 69.5 Å². The Labute approximate surface area is 210 Å². The van der Waals surface area contributed by atoms with Gasteiger partial charge in [0.25, 0.3) is 5.91 Å². The number of benzene rings is 2. The molecule has 188 valence electrons. The molecule has 5 rings (SSSR count). The topological polar surface area (TPSA) is 76.6 Å². The minimum Gasteiger partial charge on any atom is -0.493 e. The van der Waals surface area contributed by atoms with Gasteiger partial charge >= 0.3 is 0 Å². The number of anilines is 1. The molecular weight excluding hydrogens is 459 g/mol. The Morgan fingerprint density at radius 2 is 2.03 bits per heavy atom. The molecule has 8 heteroatoms. The van der Waals surface area contributed by atoms with Crippen LogP contribution in [0.3, 0.4) is 0 Å². The first-order valence-corrected chi connectivity index (χ1v) is 12.3. The number of methoxy groups -OCH3 is 1. The van der Waals surface area contributed by atoms with E-state index in [1.807, 2.05) is 13.8 Å². The summed E-state index contributed by atoms with van der Waals surface area (Å²) < 4.78 is 26.7. The molecule has 2 aliphatic heterocycles. The predicted molar refractivity (Wildman–Crippen MR) is 136 cm³/mol. The number of halogens is 1. The third-order valence-corrected chi connectivity index (χ3v) is 6.71. The van der Waals surface area contributed by atoms with E-state index in [9.17, 15) is 4.79 Å². The van der Waals surface area contributed by atoms with Gasteiger partial charge in [-0.1, -0.05) is 18.2 Å². The van der Waals surface area contributed by atoms with E-state index in [0.717, 1.165) is 25.1 Å². The average Bonchev–Trinajstić information content (AvgIpc) is 2.85. The number of carbonyl (C=O) groups is 1. The van der Waals surface area contributed by atoms with Crippen LogP contribution in [0, 0.1) is 5.82 Å². The largest absolute Gasteiger partial charge is 0.493 e. The molecule has 3 heterocycles. The summed E-state index contributed by atoms with van der Waals surface area (Å²) in [4.78, 5) is 24.0. The molecular formula is C28H31FN4O3. The lowest BCUT2D eigenvalue weighted by atomic mass is 9.97. The number of hydrogen-bond acceptors (Lipinski definition) is 6. The third kappa shape index (κ3) is 4.30. The molecule has 0 aliphatic carbocycles. The highest BCUT2D eigenvalue weighted by Crippen LogP contribution is 2.44. The Hall–Kier alpha value is -3.52. The smallest absolute Gasteiger partial charge is 0.270 e. The first-order chi connectivity index (χ1) is 17.2. The maximum absolute atomic E-state index is 15.4. The van der Waals surface area contributed by atoms with Crippen molar-refractivity contribution >= 4 is 11.6 Å². The number of nitrogens with zero attached hydrogens (tertiary/aromatic N) is 3. The number of fused-ring (bicyclic) bond motifs is 2. The van der Waals surface area contributed by atoms with E-state index in [-0.39, 0.29) is 17.7 Å². The van der Waals surface area contributed by atoms with E-state index < -0.39 is 11.4 Å². The fourth-order valence-electron chi connectivity index (χ4n) is 4.88. The lowest BCUT2D eigenvalue weighted by molar-refractivity contribution is -0.133. The van der Waals surface area contributed by atoms with Crippen LogP contribution in [0.4, 0.5) is 10.1 Å². The standard InChI is InChI=1S/C28H31FN4O3/c1-16(2)33-22-13-19(12-21(29)26(22)36-28(3,4)27(33)34)25-23(35-5)15-31-24(32-25)11-17-6-7-18-8-9-30-14-20(18)10-17/h6-7,10,12-13,15-16,30H,8-9,11,14H2,1-5H3. The van der Waals surface area contributed by atoms with Crippen LogP contribution in [0.1, 0.15) is 50.2 Å². The minimum absolute atomic E-state index is 0.0629. The van der Waals surface area contributed by atoms with Crippen molar-refractivity contribution < 1.29 is 18.7 Å². The molecule has 3 aromatic rings. The van der Waals surface area contributed by atoms with Crippen molar-refractivity contribution in [3.63, 3.8) is 0 Å². The van der Waals surface area contributed by atoms with Crippen molar-refractivity contribution in [3.8, 4) is 22.8 Å². The quantitative estimate of drug-likeness (QED) is 0.570. The van der Waals surface area contributed by atoms with Crippen LogP contribution in [0.25, 0.3) is 11.3 Å². The number of nitrogens with one attached hydrogen (secondary N) is 1. The second-order valence-electron chi connectivity index (χ2n) is 10.1. The van der Waals surface area contributed by atoms with Crippen molar-refractivity contribution in [1.82, 2.24) is 15.3 Å². The van der Waals surface area contributed by atoms with Crippen molar-refractivity contribution in [3.05, 3.63) is 64.9 Å². The molecule has 0 unspecified atom stereocenters. The van der Waals surface area contributed by atoms with Crippen molar-refractivity contribution in [2.75, 3.05) is 18.6 Å². The van der Waals surface area contributed by atoms with Gasteiger partial charge in [0.05, 0.1) is 19.0 Å². The lowest BCUT2D eigenvalue weighted by Gasteiger charge is -2.41. The maximum Gasteiger partial charge on any atom is 0.270 e. The highest BCUT2D eigenvalue weighted by Gasteiger charge is 2.43. The van der Waals surface area contributed by atoms with Gasteiger partial charge in [0.15, 0.2) is 22.9 Å². The summed E-state index contributed by atoms with van der Waals surface area (Å²) in [6, 6.07) is 9.41. The summed E-state index contributed by atoms with van der Waals surface area (Å²) in [7, 11) is 1.53. The van der Waals surface area contributed by atoms with Gasteiger partial charge in [0.1, 0.15) is 11.5 Å². The Morgan fingerprint density at radius 1 is 1.22 bits per heavy atom. The van der Waals surface area contributed by atoms with E-state index in [4.69, 9.17) is 14.5 Å². The number of rotatable bonds is 5. The van der Waals surface area contributed by atoms with E-state index >= 15 is 4.39 Å². The Balaban J connectivity index is 1.55. The summed E-state index contributed by atoms with van der Waals surface area (Å²) in [5.41, 5.74) is 3.95. The lowest BCUT2D eigenvalue weighted by Crippen LogP contribution is -2.55. The van der Waals surface area contributed by atoms with E-state index in [1.54, 1.807) is 31.0 Å². The molecule has 0 saturated carbocycles. The SMILES string of the molecule is COc1cnc(Cc2ccc3c(c2)CNCC3)nc1-c1cc(F)c2c(c1)N(C(C)C)C(=O)C(C)(C)O2. The van der Waals surface area contributed by atoms with Crippen LogP contribution in [-0.2, 0) is 24.2 Å². The Morgan fingerprint density at radius 3 is 2.78 bits per heavy atom. The zero-order chi connectivity index (χ0) is 25.6. The average molecular weight is 491 g/mol. The molecule has 1 N–H and O–H groups in total.